The van der Waals surface area contributed by atoms with E-state index in [4.69, 9.17) is 4.74 Å². The van der Waals surface area contributed by atoms with Crippen LogP contribution in [-0.2, 0) is 34.0 Å². The summed E-state index contributed by atoms with van der Waals surface area (Å²) in [6.07, 6.45) is -0.0993. The van der Waals surface area contributed by atoms with Crippen molar-refractivity contribution in [3.8, 4) is 0 Å². The summed E-state index contributed by atoms with van der Waals surface area (Å²) in [6, 6.07) is 11.6. The summed E-state index contributed by atoms with van der Waals surface area (Å²) in [5, 5.41) is 4.85. The van der Waals surface area contributed by atoms with Crippen LogP contribution in [0.1, 0.15) is 46.4 Å². The summed E-state index contributed by atoms with van der Waals surface area (Å²) in [6.45, 7) is 2.45. The zero-order valence-corrected chi connectivity index (χ0v) is 19.9. The molecule has 0 saturated carbocycles. The molecule has 0 bridgehead atoms. The smallest absolute Gasteiger partial charge is 0.306 e. The summed E-state index contributed by atoms with van der Waals surface area (Å²) in [7, 11) is 0. The number of halogens is 2. The molecule has 0 aliphatic carbocycles. The SMILES string of the molecule is CCOC(=O)CCC(=O)N(Cc1ccc(F)cc1)Cc1nc(C(=O)NCc2ccc(F)cc2)cs1. The highest BCUT2D eigenvalue weighted by Crippen LogP contribution is 2.17. The van der Waals surface area contributed by atoms with E-state index in [1.165, 1.54) is 40.5 Å². The van der Waals surface area contributed by atoms with Gasteiger partial charge in [-0.05, 0) is 42.3 Å². The first-order valence-electron chi connectivity index (χ1n) is 11.0. The predicted molar refractivity (Wildman–Crippen MR) is 126 cm³/mol. The van der Waals surface area contributed by atoms with Crippen molar-refractivity contribution in [2.24, 2.45) is 0 Å². The summed E-state index contributed by atoms with van der Waals surface area (Å²) >= 11 is 1.23. The van der Waals surface area contributed by atoms with E-state index in [2.05, 4.69) is 10.3 Å². The average molecular weight is 502 g/mol. The zero-order valence-electron chi connectivity index (χ0n) is 19.1. The Morgan fingerprint density at radius 2 is 1.57 bits per heavy atom. The Balaban J connectivity index is 1.65. The van der Waals surface area contributed by atoms with Gasteiger partial charge in [-0.15, -0.1) is 11.3 Å². The molecule has 0 atom stereocenters. The van der Waals surface area contributed by atoms with E-state index in [9.17, 15) is 23.2 Å². The summed E-state index contributed by atoms with van der Waals surface area (Å²) < 4.78 is 31.2. The van der Waals surface area contributed by atoms with Crippen LogP contribution in [0.3, 0.4) is 0 Å². The van der Waals surface area contributed by atoms with E-state index in [0.717, 1.165) is 5.56 Å². The number of benzene rings is 2. The van der Waals surface area contributed by atoms with Gasteiger partial charge in [0.25, 0.3) is 5.91 Å². The van der Waals surface area contributed by atoms with Gasteiger partial charge in [-0.25, -0.2) is 13.8 Å². The quantitative estimate of drug-likeness (QED) is 0.398. The van der Waals surface area contributed by atoms with Crippen LogP contribution in [0.15, 0.2) is 53.9 Å². The van der Waals surface area contributed by atoms with E-state index in [1.54, 1.807) is 36.6 Å². The third-order valence-corrected chi connectivity index (χ3v) is 5.80. The number of carbonyl (C=O) groups is 3. The summed E-state index contributed by atoms with van der Waals surface area (Å²) in [5.74, 6) is -1.89. The molecule has 7 nitrogen and oxygen atoms in total. The van der Waals surface area contributed by atoms with Gasteiger partial charge in [-0.3, -0.25) is 14.4 Å². The van der Waals surface area contributed by atoms with Crippen molar-refractivity contribution in [1.82, 2.24) is 15.2 Å². The lowest BCUT2D eigenvalue weighted by atomic mass is 10.2. The van der Waals surface area contributed by atoms with E-state index in [0.29, 0.717) is 10.6 Å². The van der Waals surface area contributed by atoms with Crippen molar-refractivity contribution < 1.29 is 27.9 Å². The molecule has 1 aromatic heterocycles. The molecule has 0 aliphatic heterocycles. The van der Waals surface area contributed by atoms with Crippen LogP contribution in [-0.4, -0.2) is 34.3 Å². The number of ether oxygens (including phenoxy) is 1. The van der Waals surface area contributed by atoms with Gasteiger partial charge in [0, 0.05) is 24.9 Å². The number of hydrogen-bond acceptors (Lipinski definition) is 6. The summed E-state index contributed by atoms with van der Waals surface area (Å²) in [4.78, 5) is 42.9. The molecule has 3 aromatic rings. The first-order valence-corrected chi connectivity index (χ1v) is 11.9. The van der Waals surface area contributed by atoms with Gasteiger partial charge in [-0.1, -0.05) is 24.3 Å². The number of esters is 1. The fourth-order valence-electron chi connectivity index (χ4n) is 3.17. The van der Waals surface area contributed by atoms with Crippen LogP contribution in [0.5, 0.6) is 0 Å². The minimum absolute atomic E-state index is 0.0452. The molecule has 0 spiro atoms. The van der Waals surface area contributed by atoms with Gasteiger partial charge in [-0.2, -0.15) is 0 Å². The fourth-order valence-corrected chi connectivity index (χ4v) is 3.96. The van der Waals surface area contributed by atoms with Crippen LogP contribution in [0.25, 0.3) is 0 Å². The molecular formula is C25H25F2N3O4S. The third kappa shape index (κ3) is 8.25. The van der Waals surface area contributed by atoms with Crippen molar-refractivity contribution in [3.05, 3.63) is 87.4 Å². The molecule has 0 radical (unpaired) electrons. The van der Waals surface area contributed by atoms with Crippen molar-refractivity contribution in [2.45, 2.75) is 39.4 Å². The Bertz CT molecular complexity index is 1150. The highest BCUT2D eigenvalue weighted by atomic mass is 32.1. The second-order valence-electron chi connectivity index (χ2n) is 7.62. The number of nitrogens with one attached hydrogen (secondary N) is 1. The molecule has 184 valence electrons. The molecule has 1 heterocycles. The molecule has 35 heavy (non-hydrogen) atoms. The maximum atomic E-state index is 13.3. The Kier molecular flexibility index (Phi) is 9.42. The van der Waals surface area contributed by atoms with Gasteiger partial charge >= 0.3 is 5.97 Å². The van der Waals surface area contributed by atoms with Gasteiger partial charge in [0.15, 0.2) is 0 Å². The van der Waals surface area contributed by atoms with Crippen LogP contribution in [0, 0.1) is 11.6 Å². The molecule has 10 heteroatoms. The van der Waals surface area contributed by atoms with Gasteiger partial charge < -0.3 is 15.0 Å². The number of amides is 2. The minimum Gasteiger partial charge on any atom is -0.466 e. The van der Waals surface area contributed by atoms with Crippen molar-refractivity contribution in [2.75, 3.05) is 6.61 Å². The van der Waals surface area contributed by atoms with Crippen LogP contribution in [0.4, 0.5) is 8.78 Å². The lowest BCUT2D eigenvalue weighted by molar-refractivity contribution is -0.146. The van der Waals surface area contributed by atoms with Crippen molar-refractivity contribution in [1.29, 1.82) is 0 Å². The average Bonchev–Trinajstić information content (AvgIpc) is 3.32. The minimum atomic E-state index is -0.461. The standard InChI is InChI=1S/C25H25F2N3O4S/c1-2-34-24(32)12-11-23(31)30(14-18-5-9-20(27)10-6-18)15-22-29-21(16-35-22)25(33)28-13-17-3-7-19(26)8-4-17/h3-10,16H,2,11-15H2,1H3,(H,28,33). The topological polar surface area (TPSA) is 88.6 Å². The van der Waals surface area contributed by atoms with E-state index >= 15 is 0 Å². The normalized spacial score (nSPS) is 10.6. The highest BCUT2D eigenvalue weighted by Gasteiger charge is 2.19. The lowest BCUT2D eigenvalue weighted by Gasteiger charge is -2.22. The first-order chi connectivity index (χ1) is 16.8. The van der Waals surface area contributed by atoms with E-state index in [-0.39, 0.29) is 62.3 Å². The predicted octanol–water partition coefficient (Wildman–Crippen LogP) is 4.22. The molecule has 3 rings (SSSR count). The van der Waals surface area contributed by atoms with Gasteiger partial charge in [0.05, 0.1) is 19.6 Å². The molecule has 0 unspecified atom stereocenters. The van der Waals surface area contributed by atoms with Gasteiger partial charge in [0.2, 0.25) is 5.91 Å². The van der Waals surface area contributed by atoms with E-state index < -0.39 is 11.9 Å². The molecule has 1 N–H and O–H groups in total. The molecule has 2 amide bonds. The van der Waals surface area contributed by atoms with Crippen LogP contribution < -0.4 is 5.32 Å². The third-order valence-electron chi connectivity index (χ3n) is 4.96. The Labute approximate surface area is 205 Å². The van der Waals surface area contributed by atoms with Gasteiger partial charge in [0.1, 0.15) is 22.3 Å². The maximum absolute atomic E-state index is 13.3. The molecule has 0 fully saturated rings. The number of hydrogen-bond donors (Lipinski definition) is 1. The molecule has 2 aromatic carbocycles. The molecule has 0 saturated heterocycles. The second-order valence-corrected chi connectivity index (χ2v) is 8.56. The largest absolute Gasteiger partial charge is 0.466 e. The Morgan fingerprint density at radius 3 is 2.20 bits per heavy atom. The monoisotopic (exact) mass is 501 g/mol. The number of thiazole rings is 1. The highest BCUT2D eigenvalue weighted by molar-refractivity contribution is 7.09. The summed E-state index contributed by atoms with van der Waals surface area (Å²) in [5.41, 5.74) is 1.66. The van der Waals surface area contributed by atoms with Crippen molar-refractivity contribution >= 4 is 29.1 Å². The van der Waals surface area contributed by atoms with Crippen LogP contribution >= 0.6 is 11.3 Å². The number of aromatic nitrogens is 1. The molecule has 0 aliphatic rings. The fraction of sp³-hybridized carbons (Fsp3) is 0.280. The Hall–Kier alpha value is -3.66. The number of rotatable bonds is 11. The van der Waals surface area contributed by atoms with Crippen LogP contribution in [0.2, 0.25) is 0 Å². The first kappa shape index (κ1) is 26.0. The zero-order chi connectivity index (χ0) is 25.2. The second kappa shape index (κ2) is 12.7. The lowest BCUT2D eigenvalue weighted by Crippen LogP contribution is -2.30. The molecular weight excluding hydrogens is 476 g/mol. The Morgan fingerprint density at radius 1 is 0.943 bits per heavy atom. The van der Waals surface area contributed by atoms with Crippen molar-refractivity contribution in [3.63, 3.8) is 0 Å². The number of carbonyl (C=O) groups excluding carboxylic acids is 3. The van der Waals surface area contributed by atoms with E-state index in [1.807, 2.05) is 0 Å². The number of nitrogens with zero attached hydrogens (tertiary/aromatic N) is 2. The maximum Gasteiger partial charge on any atom is 0.306 e.